The van der Waals surface area contributed by atoms with Crippen LogP contribution >= 0.6 is 0 Å². The Kier molecular flexibility index (Phi) is 3.81. The molecule has 2 N–H and O–H groups in total. The molecule has 3 nitrogen and oxygen atoms in total. The summed E-state index contributed by atoms with van der Waals surface area (Å²) in [6.45, 7) is 3.69. The van der Waals surface area contributed by atoms with Gasteiger partial charge in [0.25, 0.3) is 0 Å². The molecular weight excluding hydrogens is 178 g/mol. The van der Waals surface area contributed by atoms with Crippen LogP contribution < -0.4 is 5.73 Å². The van der Waals surface area contributed by atoms with Crippen molar-refractivity contribution in [1.29, 1.82) is 0 Å². The van der Waals surface area contributed by atoms with E-state index in [1.54, 1.807) is 6.92 Å². The number of carbonyl (C=O) groups is 2. The fourth-order valence-corrected chi connectivity index (χ4v) is 2.04. The van der Waals surface area contributed by atoms with Crippen LogP contribution in [0.15, 0.2) is 0 Å². The van der Waals surface area contributed by atoms with E-state index in [2.05, 4.69) is 0 Å². The van der Waals surface area contributed by atoms with Crippen LogP contribution in [-0.4, -0.2) is 17.6 Å². The second kappa shape index (κ2) is 4.69. The van der Waals surface area contributed by atoms with Crippen molar-refractivity contribution >= 4 is 11.6 Å². The molecule has 0 aromatic heterocycles. The molecule has 1 aliphatic carbocycles. The largest absolute Gasteiger partial charge is 0.321 e. The summed E-state index contributed by atoms with van der Waals surface area (Å²) < 4.78 is 0. The molecule has 79 valence electrons. The fourth-order valence-electron chi connectivity index (χ4n) is 2.04. The van der Waals surface area contributed by atoms with Crippen molar-refractivity contribution in [2.45, 2.75) is 45.6 Å². The van der Waals surface area contributed by atoms with Crippen LogP contribution in [0, 0.1) is 11.8 Å². The molecule has 0 aliphatic heterocycles. The van der Waals surface area contributed by atoms with Crippen molar-refractivity contribution in [2.75, 3.05) is 0 Å². The van der Waals surface area contributed by atoms with Gasteiger partial charge in [-0.3, -0.25) is 9.59 Å². The third kappa shape index (κ3) is 2.21. The van der Waals surface area contributed by atoms with Gasteiger partial charge in [0.15, 0.2) is 5.78 Å². The minimum atomic E-state index is -0.392. The Labute approximate surface area is 85.0 Å². The normalized spacial score (nSPS) is 31.4. The van der Waals surface area contributed by atoms with Crippen molar-refractivity contribution in [3.05, 3.63) is 5.92 Å². The number of rotatable bonds is 1. The summed E-state index contributed by atoms with van der Waals surface area (Å²) in [7, 11) is 0. The Morgan fingerprint density at radius 1 is 1.43 bits per heavy atom. The summed E-state index contributed by atoms with van der Waals surface area (Å²) in [4.78, 5) is 23.3. The average molecular weight is 196 g/mol. The van der Waals surface area contributed by atoms with Gasteiger partial charge in [-0.2, -0.15) is 0 Å². The number of carbonyl (C=O) groups excluding carboxylic acids is 2. The first kappa shape index (κ1) is 11.4. The maximum atomic E-state index is 11.7. The zero-order chi connectivity index (χ0) is 10.7. The molecule has 0 aromatic carbocycles. The predicted molar refractivity (Wildman–Crippen MR) is 54.5 cm³/mol. The lowest BCUT2D eigenvalue weighted by Crippen LogP contribution is -2.40. The molecule has 3 heteroatoms. The van der Waals surface area contributed by atoms with E-state index >= 15 is 0 Å². The minimum absolute atomic E-state index is 0.0232. The maximum Gasteiger partial charge on any atom is 0.157 e. The van der Waals surface area contributed by atoms with Crippen molar-refractivity contribution < 1.29 is 9.59 Å². The molecule has 0 heterocycles. The molecule has 1 aliphatic rings. The summed E-state index contributed by atoms with van der Waals surface area (Å²) in [6.07, 6.45) is 2.66. The number of ketones is 2. The van der Waals surface area contributed by atoms with E-state index in [1.165, 1.54) is 0 Å². The van der Waals surface area contributed by atoms with E-state index < -0.39 is 6.04 Å². The topological polar surface area (TPSA) is 60.2 Å². The highest BCUT2D eigenvalue weighted by Crippen LogP contribution is 2.26. The summed E-state index contributed by atoms with van der Waals surface area (Å²) in [5, 5.41) is 0. The first-order chi connectivity index (χ1) is 6.57. The highest BCUT2D eigenvalue weighted by Gasteiger charge is 2.33. The molecule has 2 atom stereocenters. The Morgan fingerprint density at radius 3 is 2.64 bits per heavy atom. The van der Waals surface area contributed by atoms with Crippen LogP contribution in [0.3, 0.4) is 0 Å². The molecule has 14 heavy (non-hydrogen) atoms. The first-order valence-corrected chi connectivity index (χ1v) is 5.23. The lowest BCUT2D eigenvalue weighted by atomic mass is 9.78. The van der Waals surface area contributed by atoms with E-state index in [0.29, 0.717) is 25.2 Å². The van der Waals surface area contributed by atoms with E-state index in [0.717, 1.165) is 6.42 Å². The lowest BCUT2D eigenvalue weighted by Gasteiger charge is -2.25. The van der Waals surface area contributed by atoms with E-state index in [1.807, 2.05) is 6.92 Å². The molecule has 1 saturated carbocycles. The van der Waals surface area contributed by atoms with Gasteiger partial charge in [0, 0.05) is 12.3 Å². The molecule has 0 aromatic rings. The third-order valence-corrected chi connectivity index (χ3v) is 2.98. The van der Waals surface area contributed by atoms with Crippen molar-refractivity contribution in [2.24, 2.45) is 11.7 Å². The van der Waals surface area contributed by atoms with Crippen molar-refractivity contribution in [3.8, 4) is 0 Å². The van der Waals surface area contributed by atoms with Gasteiger partial charge in [-0.25, -0.2) is 0 Å². The Hall–Kier alpha value is -0.700. The standard InChI is InChI=1S/C11H18NO2/c1-3-8-7(2)11(14)9(12)5-4-6-10(8)13/h8-9H,3-6,12H2,1-2H3. The van der Waals surface area contributed by atoms with Gasteiger partial charge in [0.05, 0.1) is 12.0 Å². The molecule has 0 amide bonds. The van der Waals surface area contributed by atoms with Gasteiger partial charge >= 0.3 is 0 Å². The predicted octanol–water partition coefficient (Wildman–Crippen LogP) is 1.26. The summed E-state index contributed by atoms with van der Waals surface area (Å²) in [6, 6.07) is -0.392. The van der Waals surface area contributed by atoms with Gasteiger partial charge in [-0.1, -0.05) is 13.8 Å². The number of hydrogen-bond acceptors (Lipinski definition) is 3. The molecule has 1 rings (SSSR count). The highest BCUT2D eigenvalue weighted by molar-refractivity contribution is 6.01. The quantitative estimate of drug-likeness (QED) is 0.686. The maximum absolute atomic E-state index is 11.7. The van der Waals surface area contributed by atoms with E-state index in [4.69, 9.17) is 5.73 Å². The van der Waals surface area contributed by atoms with Gasteiger partial charge in [-0.15, -0.1) is 0 Å². The molecule has 2 unspecified atom stereocenters. The monoisotopic (exact) mass is 196 g/mol. The van der Waals surface area contributed by atoms with Gasteiger partial charge < -0.3 is 5.73 Å². The second-order valence-corrected chi connectivity index (χ2v) is 3.97. The Bertz CT molecular complexity index is 237. The minimum Gasteiger partial charge on any atom is -0.321 e. The fraction of sp³-hybridized carbons (Fsp3) is 0.727. The molecule has 1 fully saturated rings. The van der Waals surface area contributed by atoms with Crippen LogP contribution in [0.5, 0.6) is 0 Å². The van der Waals surface area contributed by atoms with Crippen LogP contribution in [0.25, 0.3) is 0 Å². The van der Waals surface area contributed by atoms with Crippen LogP contribution in [0.1, 0.15) is 39.5 Å². The molecule has 0 bridgehead atoms. The zero-order valence-electron chi connectivity index (χ0n) is 8.88. The number of Topliss-reactive ketones (excluding diaryl/α,β-unsaturated/α-hetero) is 2. The molecule has 0 saturated heterocycles. The van der Waals surface area contributed by atoms with Crippen LogP contribution in [-0.2, 0) is 9.59 Å². The van der Waals surface area contributed by atoms with Gasteiger partial charge in [0.2, 0.25) is 0 Å². The summed E-state index contributed by atoms with van der Waals surface area (Å²) >= 11 is 0. The SMILES string of the molecule is CCC1[C](C)C(=O)C(N)CCCC1=O. The first-order valence-electron chi connectivity index (χ1n) is 5.23. The third-order valence-electron chi connectivity index (χ3n) is 2.98. The average Bonchev–Trinajstić information content (AvgIpc) is 2.16. The Balaban J connectivity index is 2.81. The molecule has 0 spiro atoms. The van der Waals surface area contributed by atoms with Gasteiger partial charge in [0.1, 0.15) is 5.78 Å². The Morgan fingerprint density at radius 2 is 2.07 bits per heavy atom. The van der Waals surface area contributed by atoms with E-state index in [9.17, 15) is 9.59 Å². The smallest absolute Gasteiger partial charge is 0.157 e. The van der Waals surface area contributed by atoms with Crippen LogP contribution in [0.4, 0.5) is 0 Å². The summed E-state index contributed by atoms with van der Waals surface area (Å²) in [5.74, 6) is 0.647. The second-order valence-electron chi connectivity index (χ2n) is 3.97. The van der Waals surface area contributed by atoms with Gasteiger partial charge in [-0.05, 0) is 19.3 Å². The molecular formula is C11H18NO2. The van der Waals surface area contributed by atoms with Crippen LogP contribution in [0.2, 0.25) is 0 Å². The molecule has 1 radical (unpaired) electrons. The summed E-state index contributed by atoms with van der Waals surface area (Å²) in [5.41, 5.74) is 5.72. The highest BCUT2D eigenvalue weighted by atomic mass is 16.1. The number of nitrogens with two attached hydrogens (primary N) is 1. The van der Waals surface area contributed by atoms with E-state index in [-0.39, 0.29) is 17.5 Å². The number of hydrogen-bond donors (Lipinski definition) is 1. The van der Waals surface area contributed by atoms with Crippen molar-refractivity contribution in [1.82, 2.24) is 0 Å². The lowest BCUT2D eigenvalue weighted by molar-refractivity contribution is -0.127. The van der Waals surface area contributed by atoms with Crippen molar-refractivity contribution in [3.63, 3.8) is 0 Å². The zero-order valence-corrected chi connectivity index (χ0v) is 8.88.